The van der Waals surface area contributed by atoms with Gasteiger partial charge in [-0.3, -0.25) is 20.2 Å². The van der Waals surface area contributed by atoms with Crippen molar-refractivity contribution in [3.8, 4) is 5.75 Å². The Morgan fingerprint density at radius 2 is 1.78 bits per heavy atom. The van der Waals surface area contributed by atoms with Gasteiger partial charge in [0, 0.05) is 11.4 Å². The minimum absolute atomic E-state index is 0.266. The molecule has 0 fully saturated rings. The van der Waals surface area contributed by atoms with Gasteiger partial charge in [-0.15, -0.1) is 0 Å². The summed E-state index contributed by atoms with van der Waals surface area (Å²) in [4.78, 5) is 19.7. The standard InChI is InChI=1S/C10H11BrN2O5/c11-5-1-2-6-18-8-3-4-9(12(14)15)10(7-8)13(16)17/h3-4,7H,1-2,5-6H2. The van der Waals surface area contributed by atoms with E-state index < -0.39 is 21.2 Å². The third-order valence-corrected chi connectivity index (χ3v) is 2.70. The van der Waals surface area contributed by atoms with E-state index >= 15 is 0 Å². The lowest BCUT2D eigenvalue weighted by Crippen LogP contribution is -2.00. The summed E-state index contributed by atoms with van der Waals surface area (Å²) in [5.74, 6) is 0.266. The second kappa shape index (κ2) is 6.90. The van der Waals surface area contributed by atoms with Crippen molar-refractivity contribution in [1.82, 2.24) is 0 Å². The third kappa shape index (κ3) is 3.95. The SMILES string of the molecule is O=[N+]([O-])c1ccc(OCCCCBr)cc1[N+](=O)[O-]. The second-order valence-corrected chi connectivity index (χ2v) is 4.20. The highest BCUT2D eigenvalue weighted by Gasteiger charge is 2.24. The minimum Gasteiger partial charge on any atom is -0.493 e. The molecule has 0 N–H and O–H groups in total. The summed E-state index contributed by atoms with van der Waals surface area (Å²) < 4.78 is 5.29. The zero-order valence-electron chi connectivity index (χ0n) is 9.37. The maximum atomic E-state index is 10.7. The van der Waals surface area contributed by atoms with E-state index in [0.717, 1.165) is 30.3 Å². The predicted molar refractivity (Wildman–Crippen MR) is 68.3 cm³/mol. The van der Waals surface area contributed by atoms with Crippen LogP contribution in [0.5, 0.6) is 5.75 Å². The molecule has 0 unspecified atom stereocenters. The number of rotatable bonds is 7. The van der Waals surface area contributed by atoms with Crippen LogP contribution in [0, 0.1) is 20.2 Å². The molecule has 1 aromatic rings. The Morgan fingerprint density at radius 1 is 1.11 bits per heavy atom. The Hall–Kier alpha value is -1.70. The topological polar surface area (TPSA) is 95.5 Å². The summed E-state index contributed by atoms with van der Waals surface area (Å²) in [6.07, 6.45) is 1.73. The number of ether oxygens (including phenoxy) is 1. The van der Waals surface area contributed by atoms with Gasteiger partial charge in [0.2, 0.25) is 0 Å². The van der Waals surface area contributed by atoms with Gasteiger partial charge in [0.1, 0.15) is 5.75 Å². The molecule has 0 saturated heterocycles. The molecule has 1 rings (SSSR count). The Morgan fingerprint density at radius 3 is 2.33 bits per heavy atom. The van der Waals surface area contributed by atoms with Gasteiger partial charge in [-0.1, -0.05) is 15.9 Å². The van der Waals surface area contributed by atoms with Crippen LogP contribution in [0.3, 0.4) is 0 Å². The van der Waals surface area contributed by atoms with Crippen LogP contribution < -0.4 is 4.74 Å². The van der Waals surface area contributed by atoms with E-state index in [2.05, 4.69) is 15.9 Å². The van der Waals surface area contributed by atoms with Crippen molar-refractivity contribution in [2.75, 3.05) is 11.9 Å². The van der Waals surface area contributed by atoms with Crippen LogP contribution >= 0.6 is 15.9 Å². The van der Waals surface area contributed by atoms with E-state index in [1.807, 2.05) is 0 Å². The number of alkyl halides is 1. The highest BCUT2D eigenvalue weighted by atomic mass is 79.9. The molecule has 8 heteroatoms. The maximum Gasteiger partial charge on any atom is 0.349 e. The average molecular weight is 319 g/mol. The molecule has 0 aliphatic rings. The van der Waals surface area contributed by atoms with Crippen LogP contribution in [0.25, 0.3) is 0 Å². The molecule has 18 heavy (non-hydrogen) atoms. The van der Waals surface area contributed by atoms with Gasteiger partial charge in [0.25, 0.3) is 0 Å². The molecule has 0 bridgehead atoms. The third-order valence-electron chi connectivity index (χ3n) is 2.14. The molecule has 7 nitrogen and oxygen atoms in total. The van der Waals surface area contributed by atoms with Crippen LogP contribution in [-0.4, -0.2) is 21.8 Å². The van der Waals surface area contributed by atoms with Crippen LogP contribution in [0.15, 0.2) is 18.2 Å². The van der Waals surface area contributed by atoms with Gasteiger partial charge >= 0.3 is 11.4 Å². The summed E-state index contributed by atoms with van der Waals surface area (Å²) in [7, 11) is 0. The number of nitro groups is 2. The molecular weight excluding hydrogens is 308 g/mol. The lowest BCUT2D eigenvalue weighted by atomic mass is 10.2. The van der Waals surface area contributed by atoms with Gasteiger partial charge < -0.3 is 4.74 Å². The fourth-order valence-electron chi connectivity index (χ4n) is 1.28. The Bertz CT molecular complexity index is 452. The second-order valence-electron chi connectivity index (χ2n) is 3.41. The van der Waals surface area contributed by atoms with Crippen LogP contribution in [0.2, 0.25) is 0 Å². The highest BCUT2D eigenvalue weighted by Crippen LogP contribution is 2.30. The molecule has 0 aromatic heterocycles. The summed E-state index contributed by atoms with van der Waals surface area (Å²) >= 11 is 3.27. The number of halogens is 1. The quantitative estimate of drug-likeness (QED) is 0.333. The lowest BCUT2D eigenvalue weighted by molar-refractivity contribution is -0.422. The fourth-order valence-corrected chi connectivity index (χ4v) is 1.68. The number of hydrogen-bond acceptors (Lipinski definition) is 5. The Labute approximate surface area is 111 Å². The molecule has 1 aromatic carbocycles. The first kappa shape index (κ1) is 14.4. The monoisotopic (exact) mass is 318 g/mol. The molecule has 0 aliphatic heterocycles. The van der Waals surface area contributed by atoms with E-state index in [4.69, 9.17) is 4.74 Å². The van der Waals surface area contributed by atoms with E-state index in [9.17, 15) is 20.2 Å². The van der Waals surface area contributed by atoms with Gasteiger partial charge in [0.05, 0.1) is 22.5 Å². The molecule has 0 saturated carbocycles. The highest BCUT2D eigenvalue weighted by molar-refractivity contribution is 9.09. The van der Waals surface area contributed by atoms with E-state index in [0.29, 0.717) is 6.61 Å². The van der Waals surface area contributed by atoms with Crippen LogP contribution in [0.1, 0.15) is 12.8 Å². The number of benzene rings is 1. The Kier molecular flexibility index (Phi) is 5.50. The van der Waals surface area contributed by atoms with E-state index in [1.54, 1.807) is 0 Å². The van der Waals surface area contributed by atoms with Crippen molar-refractivity contribution in [2.24, 2.45) is 0 Å². The van der Waals surface area contributed by atoms with Gasteiger partial charge in [-0.25, -0.2) is 0 Å². The fraction of sp³-hybridized carbons (Fsp3) is 0.400. The van der Waals surface area contributed by atoms with Crippen molar-refractivity contribution in [2.45, 2.75) is 12.8 Å². The largest absolute Gasteiger partial charge is 0.493 e. The molecule has 0 heterocycles. The van der Waals surface area contributed by atoms with Crippen molar-refractivity contribution in [3.05, 3.63) is 38.4 Å². The molecule has 0 amide bonds. The molecule has 98 valence electrons. The van der Waals surface area contributed by atoms with Crippen molar-refractivity contribution in [3.63, 3.8) is 0 Å². The summed E-state index contributed by atoms with van der Waals surface area (Å²) in [6.45, 7) is 0.417. The first-order valence-electron chi connectivity index (χ1n) is 5.18. The molecule has 0 radical (unpaired) electrons. The molecule has 0 atom stereocenters. The van der Waals surface area contributed by atoms with Crippen LogP contribution in [-0.2, 0) is 0 Å². The van der Waals surface area contributed by atoms with Crippen molar-refractivity contribution < 1.29 is 14.6 Å². The van der Waals surface area contributed by atoms with E-state index in [-0.39, 0.29) is 5.75 Å². The maximum absolute atomic E-state index is 10.7. The van der Waals surface area contributed by atoms with Crippen molar-refractivity contribution >= 4 is 27.3 Å². The zero-order chi connectivity index (χ0) is 13.5. The number of hydrogen-bond donors (Lipinski definition) is 0. The predicted octanol–water partition coefficient (Wildman–Crippen LogP) is 3.06. The van der Waals surface area contributed by atoms with Crippen LogP contribution in [0.4, 0.5) is 11.4 Å². The zero-order valence-corrected chi connectivity index (χ0v) is 11.0. The van der Waals surface area contributed by atoms with Gasteiger partial charge in [-0.05, 0) is 18.9 Å². The average Bonchev–Trinajstić information content (AvgIpc) is 2.34. The normalized spacial score (nSPS) is 10.1. The summed E-state index contributed by atoms with van der Waals surface area (Å²) in [5, 5.41) is 22.1. The minimum atomic E-state index is -0.788. The lowest BCUT2D eigenvalue weighted by Gasteiger charge is -2.05. The smallest absolute Gasteiger partial charge is 0.349 e. The first-order valence-corrected chi connectivity index (χ1v) is 6.30. The number of unbranched alkanes of at least 4 members (excludes halogenated alkanes) is 1. The molecule has 0 aliphatic carbocycles. The molecule has 0 spiro atoms. The van der Waals surface area contributed by atoms with Crippen molar-refractivity contribution in [1.29, 1.82) is 0 Å². The number of nitrogens with zero attached hydrogens (tertiary/aromatic N) is 2. The van der Waals surface area contributed by atoms with Gasteiger partial charge in [0.15, 0.2) is 0 Å². The summed E-state index contributed by atoms with van der Waals surface area (Å²) in [6, 6.07) is 3.52. The Balaban J connectivity index is 2.80. The van der Waals surface area contributed by atoms with Gasteiger partial charge in [-0.2, -0.15) is 0 Å². The number of nitro benzene ring substituents is 2. The molecular formula is C10H11BrN2O5. The van der Waals surface area contributed by atoms with E-state index in [1.165, 1.54) is 6.07 Å². The first-order chi connectivity index (χ1) is 8.56. The summed E-state index contributed by atoms with van der Waals surface area (Å²) in [5.41, 5.74) is -1.09.